The smallest absolute Gasteiger partial charge is 0.407 e. The molecule has 1 amide bonds. The molecule has 0 bridgehead atoms. The third kappa shape index (κ3) is 3.27. The zero-order valence-corrected chi connectivity index (χ0v) is 11.7. The number of carboxylic acid groups (broad SMARTS) is 1. The minimum atomic E-state index is -3.71. The summed E-state index contributed by atoms with van der Waals surface area (Å²) < 4.78 is 23.9. The molecule has 0 unspecified atom stereocenters. The van der Waals surface area contributed by atoms with Crippen LogP contribution in [0.15, 0.2) is 34.3 Å². The topological polar surface area (TPSA) is 99.1 Å². The first-order valence-electron chi connectivity index (χ1n) is 6.00. The summed E-state index contributed by atoms with van der Waals surface area (Å²) in [6.45, 7) is 2.33. The van der Waals surface area contributed by atoms with Gasteiger partial charge in [-0.3, -0.25) is 0 Å². The number of rotatable bonds is 3. The largest absolute Gasteiger partial charge is 0.465 e. The second-order valence-corrected chi connectivity index (χ2v) is 6.20. The Morgan fingerprint density at radius 1 is 1.35 bits per heavy atom. The van der Waals surface area contributed by atoms with Crippen LogP contribution in [-0.4, -0.2) is 43.3 Å². The Morgan fingerprint density at radius 2 is 2.00 bits per heavy atom. The van der Waals surface area contributed by atoms with E-state index in [1.807, 2.05) is 6.92 Å². The van der Waals surface area contributed by atoms with E-state index in [0.29, 0.717) is 18.7 Å². The lowest BCUT2D eigenvalue weighted by Gasteiger charge is -2.08. The van der Waals surface area contributed by atoms with E-state index in [1.54, 1.807) is 12.1 Å². The first kappa shape index (κ1) is 14.3. The van der Waals surface area contributed by atoms with Crippen molar-refractivity contribution in [2.75, 3.05) is 13.1 Å². The third-order valence-corrected chi connectivity index (χ3v) is 4.19. The van der Waals surface area contributed by atoms with E-state index in [9.17, 15) is 13.2 Å². The van der Waals surface area contributed by atoms with Crippen molar-refractivity contribution in [2.24, 2.45) is 5.10 Å². The van der Waals surface area contributed by atoms with Gasteiger partial charge in [-0.15, -0.1) is 0 Å². The van der Waals surface area contributed by atoms with Crippen LogP contribution in [-0.2, 0) is 10.0 Å². The summed E-state index contributed by atoms with van der Waals surface area (Å²) in [5, 5.41) is 12.6. The van der Waals surface area contributed by atoms with E-state index < -0.39 is 16.1 Å². The van der Waals surface area contributed by atoms with Crippen molar-refractivity contribution in [1.82, 2.24) is 9.73 Å². The summed E-state index contributed by atoms with van der Waals surface area (Å²) >= 11 is 0. The summed E-state index contributed by atoms with van der Waals surface area (Å²) in [6, 6.07) is 6.39. The average Bonchev–Trinajstić information content (AvgIpc) is 2.86. The van der Waals surface area contributed by atoms with Gasteiger partial charge in [0.2, 0.25) is 0 Å². The van der Waals surface area contributed by atoms with Gasteiger partial charge in [-0.1, -0.05) is 17.7 Å². The van der Waals surface area contributed by atoms with E-state index in [0.717, 1.165) is 5.56 Å². The Morgan fingerprint density at radius 3 is 2.55 bits per heavy atom. The van der Waals surface area contributed by atoms with Crippen molar-refractivity contribution in [3.05, 3.63) is 29.8 Å². The molecule has 1 fully saturated rings. The zero-order chi connectivity index (χ0) is 14.8. The van der Waals surface area contributed by atoms with Gasteiger partial charge in [0.1, 0.15) is 0 Å². The Bertz CT molecular complexity index is 637. The SMILES string of the molecule is Cc1ccc(S(=O)(=O)N/N=C2/CCN(C(=O)O)C2)cc1. The number of aryl methyl sites for hydroxylation is 1. The second-order valence-electron chi connectivity index (χ2n) is 4.54. The maximum absolute atomic E-state index is 12.0. The van der Waals surface area contributed by atoms with Gasteiger partial charge in [0, 0.05) is 13.0 Å². The van der Waals surface area contributed by atoms with Gasteiger partial charge in [0.15, 0.2) is 0 Å². The molecule has 0 atom stereocenters. The summed E-state index contributed by atoms with van der Waals surface area (Å²) in [5.74, 6) is 0. The fraction of sp³-hybridized carbons (Fsp3) is 0.333. The molecule has 108 valence electrons. The molecular formula is C12H15N3O4S. The maximum Gasteiger partial charge on any atom is 0.407 e. The van der Waals surface area contributed by atoms with Crippen LogP contribution in [0, 0.1) is 6.92 Å². The number of likely N-dealkylation sites (tertiary alicyclic amines) is 1. The zero-order valence-electron chi connectivity index (χ0n) is 10.9. The fourth-order valence-electron chi connectivity index (χ4n) is 1.79. The van der Waals surface area contributed by atoms with Crippen molar-refractivity contribution < 1.29 is 18.3 Å². The molecule has 1 aliphatic heterocycles. The standard InChI is InChI=1S/C12H15N3O4S/c1-9-2-4-11(5-3-9)20(18,19)14-13-10-6-7-15(8-10)12(16)17/h2-5,14H,6-8H2,1H3,(H,16,17)/b13-10-. The molecule has 7 nitrogen and oxygen atoms in total. The van der Waals surface area contributed by atoms with Crippen molar-refractivity contribution in [1.29, 1.82) is 0 Å². The molecule has 1 aliphatic rings. The number of hydrogen-bond donors (Lipinski definition) is 2. The minimum absolute atomic E-state index is 0.125. The molecule has 0 radical (unpaired) electrons. The molecule has 0 saturated carbocycles. The van der Waals surface area contributed by atoms with Crippen molar-refractivity contribution >= 4 is 21.8 Å². The lowest BCUT2D eigenvalue weighted by Crippen LogP contribution is -2.27. The monoisotopic (exact) mass is 297 g/mol. The molecular weight excluding hydrogens is 282 g/mol. The van der Waals surface area contributed by atoms with E-state index in [-0.39, 0.29) is 11.4 Å². The number of carbonyl (C=O) groups is 1. The van der Waals surface area contributed by atoms with Gasteiger partial charge in [0.25, 0.3) is 10.0 Å². The Balaban J connectivity index is 2.06. The minimum Gasteiger partial charge on any atom is -0.465 e. The van der Waals surface area contributed by atoms with E-state index >= 15 is 0 Å². The van der Waals surface area contributed by atoms with Crippen LogP contribution in [0.3, 0.4) is 0 Å². The van der Waals surface area contributed by atoms with Crippen LogP contribution >= 0.6 is 0 Å². The van der Waals surface area contributed by atoms with Gasteiger partial charge in [0.05, 0.1) is 17.2 Å². The molecule has 0 spiro atoms. The molecule has 2 rings (SSSR count). The lowest BCUT2D eigenvalue weighted by atomic mass is 10.2. The van der Waals surface area contributed by atoms with Crippen LogP contribution in [0.5, 0.6) is 0 Å². The molecule has 8 heteroatoms. The summed E-state index contributed by atoms with van der Waals surface area (Å²) in [5.41, 5.74) is 1.46. The molecule has 1 aromatic rings. The predicted molar refractivity (Wildman–Crippen MR) is 73.2 cm³/mol. The van der Waals surface area contributed by atoms with E-state index in [4.69, 9.17) is 5.11 Å². The molecule has 0 aromatic heterocycles. The number of sulfonamides is 1. The average molecular weight is 297 g/mol. The third-order valence-electron chi connectivity index (χ3n) is 2.97. The first-order chi connectivity index (χ1) is 9.38. The van der Waals surface area contributed by atoms with Gasteiger partial charge in [-0.2, -0.15) is 13.5 Å². The molecule has 1 saturated heterocycles. The van der Waals surface area contributed by atoms with E-state index in [1.165, 1.54) is 17.0 Å². The summed E-state index contributed by atoms with van der Waals surface area (Å²) in [7, 11) is -3.71. The number of amides is 1. The Kier molecular flexibility index (Phi) is 3.93. The van der Waals surface area contributed by atoms with Gasteiger partial charge >= 0.3 is 6.09 Å². The Labute approximate surface area is 117 Å². The van der Waals surface area contributed by atoms with Crippen molar-refractivity contribution in [3.8, 4) is 0 Å². The molecule has 20 heavy (non-hydrogen) atoms. The van der Waals surface area contributed by atoms with Crippen molar-refractivity contribution in [2.45, 2.75) is 18.2 Å². The van der Waals surface area contributed by atoms with Crippen molar-refractivity contribution in [3.63, 3.8) is 0 Å². The first-order valence-corrected chi connectivity index (χ1v) is 7.48. The number of nitrogens with zero attached hydrogens (tertiary/aromatic N) is 2. The highest BCUT2D eigenvalue weighted by Gasteiger charge is 2.22. The highest BCUT2D eigenvalue weighted by atomic mass is 32.2. The van der Waals surface area contributed by atoms with Crippen LogP contribution in [0.1, 0.15) is 12.0 Å². The molecule has 0 aliphatic carbocycles. The number of benzene rings is 1. The van der Waals surface area contributed by atoms with Gasteiger partial charge in [-0.05, 0) is 19.1 Å². The highest BCUT2D eigenvalue weighted by Crippen LogP contribution is 2.11. The van der Waals surface area contributed by atoms with Crippen LogP contribution in [0.25, 0.3) is 0 Å². The highest BCUT2D eigenvalue weighted by molar-refractivity contribution is 7.89. The molecule has 1 heterocycles. The van der Waals surface area contributed by atoms with Gasteiger partial charge in [-0.25, -0.2) is 9.63 Å². The van der Waals surface area contributed by atoms with Crippen LogP contribution < -0.4 is 4.83 Å². The predicted octanol–water partition coefficient (Wildman–Crippen LogP) is 1.01. The lowest BCUT2D eigenvalue weighted by molar-refractivity contribution is 0.157. The maximum atomic E-state index is 12.0. The van der Waals surface area contributed by atoms with Gasteiger partial charge < -0.3 is 10.0 Å². The second kappa shape index (κ2) is 5.49. The summed E-state index contributed by atoms with van der Waals surface area (Å²) in [4.78, 5) is 14.2. The summed E-state index contributed by atoms with van der Waals surface area (Å²) in [6.07, 6.45) is -0.598. The normalized spacial score (nSPS) is 17.4. The Hall–Kier alpha value is -2.09. The fourth-order valence-corrected chi connectivity index (χ4v) is 2.64. The number of hydrazone groups is 1. The number of nitrogens with one attached hydrogen (secondary N) is 1. The van der Waals surface area contributed by atoms with Crippen LogP contribution in [0.2, 0.25) is 0 Å². The number of hydrogen-bond acceptors (Lipinski definition) is 4. The molecule has 2 N–H and O–H groups in total. The quantitative estimate of drug-likeness (QED) is 0.813. The van der Waals surface area contributed by atoms with E-state index in [2.05, 4.69) is 9.93 Å². The van der Waals surface area contributed by atoms with Crippen LogP contribution in [0.4, 0.5) is 4.79 Å². The molecule has 1 aromatic carbocycles.